The van der Waals surface area contributed by atoms with Crippen LogP contribution in [0.2, 0.25) is 0 Å². The zero-order valence-corrected chi connectivity index (χ0v) is 9.92. The van der Waals surface area contributed by atoms with Crippen LogP contribution in [0.1, 0.15) is 16.2 Å². The highest BCUT2D eigenvalue weighted by Gasteiger charge is 2.36. The van der Waals surface area contributed by atoms with E-state index in [1.54, 1.807) is 0 Å². The van der Waals surface area contributed by atoms with Crippen LogP contribution < -0.4 is 5.32 Å². The Balaban J connectivity index is 2.19. The van der Waals surface area contributed by atoms with Gasteiger partial charge in [0.25, 0.3) is 0 Å². The molecule has 0 atom stereocenters. The van der Waals surface area contributed by atoms with Crippen LogP contribution >= 0.6 is 11.5 Å². The minimum absolute atomic E-state index is 0.0190. The molecule has 1 aromatic heterocycles. The summed E-state index contributed by atoms with van der Waals surface area (Å²) in [5.41, 5.74) is 0.343. The number of aromatic nitrogens is 2. The van der Waals surface area contributed by atoms with E-state index < -0.39 is 18.0 Å². The van der Waals surface area contributed by atoms with Crippen molar-refractivity contribution in [1.29, 1.82) is 0 Å². The van der Waals surface area contributed by atoms with Gasteiger partial charge in [-0.3, -0.25) is 0 Å². The number of alkyl halides is 3. The molecule has 2 aromatic rings. The van der Waals surface area contributed by atoms with Crippen LogP contribution in [0.3, 0.4) is 0 Å². The molecule has 0 saturated carbocycles. The summed E-state index contributed by atoms with van der Waals surface area (Å²) in [4.78, 5) is 14.0. The molecule has 0 amide bonds. The molecule has 2 N–H and O–H groups in total. The predicted molar refractivity (Wildman–Crippen MR) is 61.6 cm³/mol. The minimum atomic E-state index is -4.60. The van der Waals surface area contributed by atoms with Crippen LogP contribution in [-0.2, 0) is 6.18 Å². The summed E-state index contributed by atoms with van der Waals surface area (Å²) in [7, 11) is 0. The van der Waals surface area contributed by atoms with Gasteiger partial charge in [-0.1, -0.05) is 6.07 Å². The lowest BCUT2D eigenvalue weighted by Gasteiger charge is -2.03. The van der Waals surface area contributed by atoms with Gasteiger partial charge < -0.3 is 10.4 Å². The molecule has 0 aliphatic rings. The molecule has 0 fully saturated rings. The third kappa shape index (κ3) is 3.19. The number of carboxylic acids is 1. The lowest BCUT2D eigenvalue weighted by Crippen LogP contribution is -2.07. The molecule has 0 spiro atoms. The van der Waals surface area contributed by atoms with Gasteiger partial charge in [-0.25, -0.2) is 4.79 Å². The van der Waals surface area contributed by atoms with E-state index in [0.717, 1.165) is 0 Å². The van der Waals surface area contributed by atoms with Crippen LogP contribution in [0, 0.1) is 0 Å². The van der Waals surface area contributed by atoms with E-state index in [1.165, 1.54) is 24.3 Å². The summed E-state index contributed by atoms with van der Waals surface area (Å²) in [6.45, 7) is 0. The van der Waals surface area contributed by atoms with Crippen LogP contribution in [0.4, 0.5) is 24.0 Å². The molecule has 5 nitrogen and oxygen atoms in total. The molecule has 0 aliphatic carbocycles. The summed E-state index contributed by atoms with van der Waals surface area (Å²) in [6, 6.07) is 5.64. The van der Waals surface area contributed by atoms with Gasteiger partial charge in [-0.15, -0.1) is 0 Å². The minimum Gasteiger partial charge on any atom is -0.478 e. The number of rotatable bonds is 3. The number of nitrogens with zero attached hydrogens (tertiary/aromatic N) is 2. The zero-order chi connectivity index (χ0) is 14.0. The van der Waals surface area contributed by atoms with E-state index in [-0.39, 0.29) is 10.7 Å². The number of anilines is 2. The number of aromatic carboxylic acids is 1. The molecular weight excluding hydrogens is 283 g/mol. The lowest BCUT2D eigenvalue weighted by atomic mass is 10.2. The molecule has 0 radical (unpaired) electrons. The molecule has 19 heavy (non-hydrogen) atoms. The Bertz CT molecular complexity index is 612. The maximum absolute atomic E-state index is 12.3. The average Bonchev–Trinajstić information content (AvgIpc) is 2.77. The maximum Gasteiger partial charge on any atom is 0.452 e. The second-order valence-corrected chi connectivity index (χ2v) is 4.18. The van der Waals surface area contributed by atoms with E-state index in [2.05, 4.69) is 14.7 Å². The van der Waals surface area contributed by atoms with Crippen molar-refractivity contribution in [2.45, 2.75) is 6.18 Å². The summed E-state index contributed by atoms with van der Waals surface area (Å²) in [5.74, 6) is -2.36. The highest BCUT2D eigenvalue weighted by atomic mass is 32.1. The van der Waals surface area contributed by atoms with Gasteiger partial charge in [-0.2, -0.15) is 22.5 Å². The van der Waals surface area contributed by atoms with Crippen molar-refractivity contribution in [2.75, 3.05) is 5.32 Å². The first kappa shape index (κ1) is 13.3. The van der Waals surface area contributed by atoms with Gasteiger partial charge in [0.05, 0.1) is 5.56 Å². The second kappa shape index (κ2) is 4.84. The van der Waals surface area contributed by atoms with Gasteiger partial charge >= 0.3 is 12.1 Å². The van der Waals surface area contributed by atoms with Gasteiger partial charge in [0.2, 0.25) is 11.0 Å². The number of hydrogen-bond donors (Lipinski definition) is 2. The first-order chi connectivity index (χ1) is 8.86. The first-order valence-corrected chi connectivity index (χ1v) is 5.65. The van der Waals surface area contributed by atoms with Gasteiger partial charge in [0.15, 0.2) is 0 Å². The van der Waals surface area contributed by atoms with Gasteiger partial charge in [0, 0.05) is 17.2 Å². The summed E-state index contributed by atoms with van der Waals surface area (Å²) < 4.78 is 40.0. The molecule has 0 aliphatic heterocycles. The maximum atomic E-state index is 12.3. The summed E-state index contributed by atoms with van der Waals surface area (Å²) >= 11 is 0.546. The molecule has 1 aromatic carbocycles. The fourth-order valence-electron chi connectivity index (χ4n) is 1.24. The van der Waals surface area contributed by atoms with E-state index in [4.69, 9.17) is 5.11 Å². The van der Waals surface area contributed by atoms with Crippen molar-refractivity contribution >= 4 is 28.3 Å². The fraction of sp³-hybridized carbons (Fsp3) is 0.100. The smallest absolute Gasteiger partial charge is 0.452 e. The molecule has 0 saturated heterocycles. The SMILES string of the molecule is O=C(O)c1cccc(Nc2nc(C(F)(F)F)ns2)c1. The van der Waals surface area contributed by atoms with Crippen LogP contribution in [0.5, 0.6) is 0 Å². The lowest BCUT2D eigenvalue weighted by molar-refractivity contribution is -0.144. The van der Waals surface area contributed by atoms with Gasteiger partial charge in [0.1, 0.15) is 0 Å². The summed E-state index contributed by atoms with van der Waals surface area (Å²) in [5, 5.41) is 11.3. The van der Waals surface area contributed by atoms with E-state index in [9.17, 15) is 18.0 Å². The van der Waals surface area contributed by atoms with Crippen molar-refractivity contribution in [3.8, 4) is 0 Å². The zero-order valence-electron chi connectivity index (χ0n) is 9.10. The van der Waals surface area contributed by atoms with Gasteiger partial charge in [-0.05, 0) is 18.2 Å². The number of carboxylic acid groups (broad SMARTS) is 1. The summed E-state index contributed by atoms with van der Waals surface area (Å²) in [6.07, 6.45) is -4.60. The van der Waals surface area contributed by atoms with E-state index in [1.807, 2.05) is 0 Å². The van der Waals surface area contributed by atoms with Crippen molar-refractivity contribution < 1.29 is 23.1 Å². The van der Waals surface area contributed by atoms with Crippen molar-refractivity contribution in [1.82, 2.24) is 9.36 Å². The van der Waals surface area contributed by atoms with Crippen LogP contribution in [0.25, 0.3) is 0 Å². The number of carbonyl (C=O) groups is 1. The Labute approximate surface area is 108 Å². The average molecular weight is 289 g/mol. The van der Waals surface area contributed by atoms with E-state index >= 15 is 0 Å². The topological polar surface area (TPSA) is 75.1 Å². The highest BCUT2D eigenvalue weighted by molar-refractivity contribution is 7.09. The number of benzene rings is 1. The second-order valence-electron chi connectivity index (χ2n) is 3.43. The standard InChI is InChI=1S/C10H6F3N3O2S/c11-10(12,13)8-15-9(19-16-8)14-6-3-1-2-5(4-6)7(17)18/h1-4H,(H,17,18)(H,14,15,16). The predicted octanol–water partition coefficient (Wildman–Crippen LogP) is 3.00. The molecule has 0 unspecified atom stereocenters. The molecule has 1 heterocycles. The van der Waals surface area contributed by atoms with Crippen molar-refractivity contribution in [3.63, 3.8) is 0 Å². The monoisotopic (exact) mass is 289 g/mol. The fourth-order valence-corrected chi connectivity index (χ4v) is 1.85. The highest BCUT2D eigenvalue weighted by Crippen LogP contribution is 2.30. The molecular formula is C10H6F3N3O2S. The first-order valence-electron chi connectivity index (χ1n) is 4.87. The Morgan fingerprint density at radius 3 is 2.68 bits per heavy atom. The van der Waals surface area contributed by atoms with Crippen LogP contribution in [-0.4, -0.2) is 20.4 Å². The molecule has 9 heteroatoms. The Morgan fingerprint density at radius 2 is 2.11 bits per heavy atom. The largest absolute Gasteiger partial charge is 0.478 e. The molecule has 0 bridgehead atoms. The number of hydrogen-bond acceptors (Lipinski definition) is 5. The van der Waals surface area contributed by atoms with Crippen LogP contribution in [0.15, 0.2) is 24.3 Å². The molecule has 2 rings (SSSR count). The normalized spacial score (nSPS) is 11.3. The Morgan fingerprint density at radius 1 is 1.37 bits per heavy atom. The number of halogens is 3. The third-order valence-electron chi connectivity index (χ3n) is 2.04. The van der Waals surface area contributed by atoms with Crippen molar-refractivity contribution in [2.24, 2.45) is 0 Å². The number of nitrogens with one attached hydrogen (secondary N) is 1. The molecule has 100 valence electrons. The van der Waals surface area contributed by atoms with Crippen molar-refractivity contribution in [3.05, 3.63) is 35.7 Å². The third-order valence-corrected chi connectivity index (χ3v) is 2.67. The van der Waals surface area contributed by atoms with E-state index in [0.29, 0.717) is 17.2 Å². The Kier molecular flexibility index (Phi) is 3.38. The quantitative estimate of drug-likeness (QED) is 0.908. The Hall–Kier alpha value is -2.16.